The summed E-state index contributed by atoms with van der Waals surface area (Å²) in [7, 11) is 1.41. The van der Waals surface area contributed by atoms with E-state index in [-0.39, 0.29) is 17.8 Å². The number of likely N-dealkylation sites (tertiary alicyclic amines) is 1. The summed E-state index contributed by atoms with van der Waals surface area (Å²) in [4.78, 5) is 27.3. The van der Waals surface area contributed by atoms with Crippen molar-refractivity contribution in [2.75, 3.05) is 20.2 Å². The summed E-state index contributed by atoms with van der Waals surface area (Å²) in [5.41, 5.74) is 2.96. The van der Waals surface area contributed by atoms with Gasteiger partial charge in [-0.2, -0.15) is 5.10 Å². The number of piperidine rings is 1. The smallest absolute Gasteiger partial charge is 0.308 e. The Labute approximate surface area is 185 Å². The van der Waals surface area contributed by atoms with E-state index in [2.05, 4.69) is 12.1 Å². The first kappa shape index (κ1) is 21.1. The molecule has 0 unspecified atom stereocenters. The summed E-state index contributed by atoms with van der Waals surface area (Å²) >= 11 is 1.63. The highest BCUT2D eigenvalue weighted by molar-refractivity contribution is 7.13. The highest BCUT2D eigenvalue weighted by Crippen LogP contribution is 2.28. The number of carbonyl (C=O) groups excluding carboxylic acids is 2. The van der Waals surface area contributed by atoms with Crippen molar-refractivity contribution < 1.29 is 14.3 Å². The van der Waals surface area contributed by atoms with Crippen LogP contribution >= 0.6 is 11.3 Å². The lowest BCUT2D eigenvalue weighted by Gasteiger charge is -2.29. The predicted octanol–water partition coefficient (Wildman–Crippen LogP) is 4.08. The monoisotopic (exact) mass is 435 g/mol. The Hall–Kier alpha value is -3.19. The molecule has 1 amide bonds. The zero-order valence-corrected chi connectivity index (χ0v) is 18.3. The Kier molecular flexibility index (Phi) is 6.62. The van der Waals surface area contributed by atoms with Gasteiger partial charge in [0, 0.05) is 30.9 Å². The van der Waals surface area contributed by atoms with E-state index >= 15 is 0 Å². The third-order valence-electron chi connectivity index (χ3n) is 5.48. The van der Waals surface area contributed by atoms with Crippen LogP contribution < -0.4 is 0 Å². The molecule has 0 N–H and O–H groups in total. The number of carbonyl (C=O) groups is 2. The van der Waals surface area contributed by atoms with Crippen molar-refractivity contribution in [3.63, 3.8) is 0 Å². The van der Waals surface area contributed by atoms with Crippen molar-refractivity contribution in [2.45, 2.75) is 19.4 Å². The van der Waals surface area contributed by atoms with Gasteiger partial charge in [0.1, 0.15) is 5.69 Å². The Morgan fingerprint density at radius 1 is 1.16 bits per heavy atom. The minimum atomic E-state index is -0.186. The van der Waals surface area contributed by atoms with E-state index in [1.165, 1.54) is 12.7 Å². The van der Waals surface area contributed by atoms with Crippen molar-refractivity contribution >= 4 is 29.3 Å². The summed E-state index contributed by atoms with van der Waals surface area (Å²) < 4.78 is 6.73. The Morgan fingerprint density at radius 2 is 1.94 bits per heavy atom. The molecular weight excluding hydrogens is 410 g/mol. The average molecular weight is 436 g/mol. The first-order valence-corrected chi connectivity index (χ1v) is 11.2. The van der Waals surface area contributed by atoms with E-state index in [9.17, 15) is 9.59 Å². The second-order valence-electron chi connectivity index (χ2n) is 7.55. The van der Waals surface area contributed by atoms with Crippen LogP contribution in [0.4, 0.5) is 0 Å². The molecule has 1 aliphatic heterocycles. The predicted molar refractivity (Wildman–Crippen MR) is 121 cm³/mol. The zero-order valence-electron chi connectivity index (χ0n) is 17.4. The quantitative estimate of drug-likeness (QED) is 0.432. The van der Waals surface area contributed by atoms with Gasteiger partial charge >= 0.3 is 5.97 Å². The van der Waals surface area contributed by atoms with E-state index in [0.717, 1.165) is 16.1 Å². The standard InChI is InChI=1S/C24H25N3O3S/c1-30-24(29)19-11-13-26(14-12-19)22(28)10-9-20-17-27(16-18-6-3-2-4-7-18)25-23(20)21-8-5-15-31-21/h2-10,15,17,19H,11-14,16H2,1H3/b10-9+. The molecule has 7 heteroatoms. The normalized spacial score (nSPS) is 14.8. The van der Waals surface area contributed by atoms with E-state index in [0.29, 0.717) is 32.5 Å². The number of esters is 1. The van der Waals surface area contributed by atoms with Gasteiger partial charge in [0.25, 0.3) is 0 Å². The maximum Gasteiger partial charge on any atom is 0.308 e. The highest BCUT2D eigenvalue weighted by Gasteiger charge is 2.27. The molecule has 6 nitrogen and oxygen atoms in total. The van der Waals surface area contributed by atoms with Crippen molar-refractivity contribution in [2.24, 2.45) is 5.92 Å². The molecule has 1 aliphatic rings. The first-order chi connectivity index (χ1) is 15.1. The maximum atomic E-state index is 12.7. The molecule has 0 radical (unpaired) electrons. The lowest BCUT2D eigenvalue weighted by atomic mass is 9.97. The Balaban J connectivity index is 1.48. The molecule has 0 saturated carbocycles. The lowest BCUT2D eigenvalue weighted by molar-refractivity contribution is -0.148. The van der Waals surface area contributed by atoms with Crippen LogP contribution in [0.3, 0.4) is 0 Å². The fourth-order valence-electron chi connectivity index (χ4n) is 3.78. The topological polar surface area (TPSA) is 64.4 Å². The molecule has 1 saturated heterocycles. The third kappa shape index (κ3) is 5.11. The number of ether oxygens (including phenoxy) is 1. The van der Waals surface area contributed by atoms with Gasteiger partial charge in [0.05, 0.1) is 24.4 Å². The highest BCUT2D eigenvalue weighted by atomic mass is 32.1. The van der Waals surface area contributed by atoms with Crippen LogP contribution in [0.15, 0.2) is 60.1 Å². The second-order valence-corrected chi connectivity index (χ2v) is 8.50. The Morgan fingerprint density at radius 3 is 2.61 bits per heavy atom. The molecule has 1 fully saturated rings. The third-order valence-corrected chi connectivity index (χ3v) is 6.36. The molecule has 31 heavy (non-hydrogen) atoms. The maximum absolute atomic E-state index is 12.7. The van der Waals surface area contributed by atoms with Gasteiger partial charge in [0.2, 0.25) is 5.91 Å². The number of methoxy groups -OCH3 is 1. The molecule has 4 rings (SSSR count). The van der Waals surface area contributed by atoms with Gasteiger partial charge in [-0.05, 0) is 35.9 Å². The van der Waals surface area contributed by atoms with Crippen LogP contribution in [-0.2, 0) is 20.9 Å². The number of benzene rings is 1. The molecule has 3 aromatic rings. The molecule has 1 aromatic carbocycles. The van der Waals surface area contributed by atoms with Gasteiger partial charge in [-0.1, -0.05) is 36.4 Å². The molecule has 2 aromatic heterocycles. The van der Waals surface area contributed by atoms with Crippen LogP contribution in [0.5, 0.6) is 0 Å². The Bertz CT molecular complexity index is 1050. The van der Waals surface area contributed by atoms with Crippen LogP contribution in [-0.4, -0.2) is 46.8 Å². The molecular formula is C24H25N3O3S. The zero-order chi connectivity index (χ0) is 21.6. The van der Waals surface area contributed by atoms with Crippen molar-refractivity contribution in [3.8, 4) is 10.6 Å². The molecule has 0 aliphatic carbocycles. The number of hydrogen-bond acceptors (Lipinski definition) is 5. The van der Waals surface area contributed by atoms with Gasteiger partial charge in [-0.3, -0.25) is 14.3 Å². The first-order valence-electron chi connectivity index (χ1n) is 10.3. The van der Waals surface area contributed by atoms with Crippen LogP contribution in [0.25, 0.3) is 16.6 Å². The van der Waals surface area contributed by atoms with Gasteiger partial charge in [-0.25, -0.2) is 0 Å². The van der Waals surface area contributed by atoms with Crippen LogP contribution in [0, 0.1) is 5.92 Å². The summed E-state index contributed by atoms with van der Waals surface area (Å²) in [6.45, 7) is 1.80. The van der Waals surface area contributed by atoms with Gasteiger partial charge < -0.3 is 9.64 Å². The summed E-state index contributed by atoms with van der Waals surface area (Å²) in [5.74, 6) is -0.343. The largest absolute Gasteiger partial charge is 0.469 e. The number of hydrogen-bond donors (Lipinski definition) is 0. The molecule has 3 heterocycles. The van der Waals surface area contributed by atoms with E-state index in [4.69, 9.17) is 9.84 Å². The van der Waals surface area contributed by atoms with Crippen molar-refractivity contribution in [3.05, 3.63) is 71.2 Å². The van der Waals surface area contributed by atoms with E-state index in [1.807, 2.05) is 52.7 Å². The van der Waals surface area contributed by atoms with Crippen LogP contribution in [0.2, 0.25) is 0 Å². The minimum absolute atomic E-state index is 0.0451. The lowest BCUT2D eigenvalue weighted by Crippen LogP contribution is -2.39. The fourth-order valence-corrected chi connectivity index (χ4v) is 4.51. The van der Waals surface area contributed by atoms with E-state index < -0.39 is 0 Å². The number of aromatic nitrogens is 2. The summed E-state index contributed by atoms with van der Waals surface area (Å²) in [6.07, 6.45) is 6.72. The fraction of sp³-hybridized carbons (Fsp3) is 0.292. The number of thiophene rings is 1. The number of nitrogens with zero attached hydrogens (tertiary/aromatic N) is 3. The average Bonchev–Trinajstić information content (AvgIpc) is 3.47. The van der Waals surface area contributed by atoms with Crippen molar-refractivity contribution in [1.82, 2.24) is 14.7 Å². The summed E-state index contributed by atoms with van der Waals surface area (Å²) in [5, 5.41) is 6.80. The van der Waals surface area contributed by atoms with Crippen LogP contribution in [0.1, 0.15) is 24.0 Å². The second kappa shape index (κ2) is 9.75. The van der Waals surface area contributed by atoms with Crippen molar-refractivity contribution in [1.29, 1.82) is 0 Å². The summed E-state index contributed by atoms with van der Waals surface area (Å²) in [6, 6.07) is 14.2. The SMILES string of the molecule is COC(=O)C1CCN(C(=O)/C=C/c2cn(Cc3ccccc3)nc2-c2cccs2)CC1. The minimum Gasteiger partial charge on any atom is -0.469 e. The molecule has 160 valence electrons. The molecule has 0 spiro atoms. The van der Waals surface area contributed by atoms with Gasteiger partial charge in [0.15, 0.2) is 0 Å². The number of rotatable bonds is 6. The molecule has 0 bridgehead atoms. The number of amides is 1. The molecule has 0 atom stereocenters. The van der Waals surface area contributed by atoms with Gasteiger partial charge in [-0.15, -0.1) is 11.3 Å². The van der Waals surface area contributed by atoms with E-state index in [1.54, 1.807) is 22.3 Å².